The fraction of sp³-hybridized carbons (Fsp3) is 0.235. The Morgan fingerprint density at radius 2 is 2.05 bits per heavy atom. The Hall–Kier alpha value is -2.29. The Morgan fingerprint density at radius 3 is 2.70 bits per heavy atom. The fourth-order valence-electron chi connectivity index (χ4n) is 1.97. The first kappa shape index (κ1) is 14.1. The van der Waals surface area contributed by atoms with Crippen molar-refractivity contribution in [3.63, 3.8) is 0 Å². The van der Waals surface area contributed by atoms with Crippen LogP contribution in [0.1, 0.15) is 29.3 Å². The average Bonchev–Trinajstić information content (AvgIpc) is 2.53. The second-order valence-electron chi connectivity index (χ2n) is 4.62. The van der Waals surface area contributed by atoms with Gasteiger partial charge in [-0.1, -0.05) is 37.3 Å². The predicted octanol–water partition coefficient (Wildman–Crippen LogP) is 3.41. The second-order valence-corrected chi connectivity index (χ2v) is 4.62. The summed E-state index contributed by atoms with van der Waals surface area (Å²) < 4.78 is 0. The number of carbonyl (C=O) groups excluding carboxylic acids is 1. The van der Waals surface area contributed by atoms with Gasteiger partial charge in [-0.15, -0.1) is 0 Å². The molecule has 0 saturated heterocycles. The first-order valence-corrected chi connectivity index (χ1v) is 6.80. The van der Waals surface area contributed by atoms with Crippen molar-refractivity contribution in [2.24, 2.45) is 10.9 Å². The third-order valence-corrected chi connectivity index (χ3v) is 3.18. The number of aromatic nitrogens is 1. The van der Waals surface area contributed by atoms with E-state index in [0.29, 0.717) is 12.1 Å². The van der Waals surface area contributed by atoms with Crippen molar-refractivity contribution in [1.29, 1.82) is 0 Å². The van der Waals surface area contributed by atoms with Crippen LogP contribution in [0.3, 0.4) is 0 Å². The van der Waals surface area contributed by atoms with Gasteiger partial charge in [-0.2, -0.15) is 0 Å². The number of carbonyl (C=O) groups is 1. The second kappa shape index (κ2) is 7.34. The maximum absolute atomic E-state index is 12.3. The highest BCUT2D eigenvalue weighted by atomic mass is 16.1. The van der Waals surface area contributed by atoms with Crippen molar-refractivity contribution < 1.29 is 4.79 Å². The van der Waals surface area contributed by atoms with E-state index in [1.54, 1.807) is 24.5 Å². The van der Waals surface area contributed by atoms with E-state index in [2.05, 4.69) is 9.98 Å². The average molecular weight is 266 g/mol. The molecule has 0 aliphatic heterocycles. The van der Waals surface area contributed by atoms with Crippen LogP contribution in [-0.2, 0) is 0 Å². The standard InChI is InChI=1S/C17H18N2O/c1-2-15(17(20)16-9-6-10-18-13-16)12-19-11-14-7-4-3-5-8-14/h3-11,13,15H,2,12H2,1H3. The fourth-order valence-corrected chi connectivity index (χ4v) is 1.97. The normalized spacial score (nSPS) is 12.4. The number of aliphatic imine (C=N–C) groups is 1. The van der Waals surface area contributed by atoms with E-state index < -0.39 is 0 Å². The van der Waals surface area contributed by atoms with Gasteiger partial charge in [-0.05, 0) is 24.1 Å². The Kier molecular flexibility index (Phi) is 5.18. The SMILES string of the molecule is CCC(CN=Cc1ccccc1)C(=O)c1cccnc1. The molecule has 1 unspecified atom stereocenters. The number of hydrogen-bond donors (Lipinski definition) is 0. The molecular formula is C17H18N2O. The zero-order valence-electron chi connectivity index (χ0n) is 11.6. The number of benzene rings is 1. The lowest BCUT2D eigenvalue weighted by Gasteiger charge is -2.10. The molecule has 2 aromatic rings. The number of hydrogen-bond acceptors (Lipinski definition) is 3. The quantitative estimate of drug-likeness (QED) is 0.594. The largest absolute Gasteiger partial charge is 0.294 e. The number of rotatable bonds is 6. The lowest BCUT2D eigenvalue weighted by atomic mass is 9.96. The van der Waals surface area contributed by atoms with Crippen LogP contribution in [0.4, 0.5) is 0 Å². The maximum Gasteiger partial charge on any atom is 0.169 e. The molecule has 1 heterocycles. The van der Waals surface area contributed by atoms with E-state index in [-0.39, 0.29) is 11.7 Å². The molecule has 3 nitrogen and oxygen atoms in total. The molecule has 1 aromatic carbocycles. The Labute approximate surface area is 119 Å². The van der Waals surface area contributed by atoms with E-state index in [9.17, 15) is 4.79 Å². The molecule has 20 heavy (non-hydrogen) atoms. The Morgan fingerprint density at radius 1 is 1.25 bits per heavy atom. The summed E-state index contributed by atoms with van der Waals surface area (Å²) in [4.78, 5) is 20.7. The zero-order valence-corrected chi connectivity index (χ0v) is 11.6. The molecule has 2 rings (SSSR count). The molecule has 0 aliphatic carbocycles. The van der Waals surface area contributed by atoms with Crippen molar-refractivity contribution in [3.8, 4) is 0 Å². The first-order valence-electron chi connectivity index (χ1n) is 6.80. The van der Waals surface area contributed by atoms with Crippen molar-refractivity contribution in [2.75, 3.05) is 6.54 Å². The maximum atomic E-state index is 12.3. The van der Waals surface area contributed by atoms with Crippen molar-refractivity contribution in [3.05, 3.63) is 66.0 Å². The van der Waals surface area contributed by atoms with Crippen LogP contribution in [0, 0.1) is 5.92 Å². The van der Waals surface area contributed by atoms with Crippen molar-refractivity contribution >= 4 is 12.0 Å². The van der Waals surface area contributed by atoms with E-state index in [4.69, 9.17) is 0 Å². The van der Waals surface area contributed by atoms with Crippen LogP contribution in [0.5, 0.6) is 0 Å². The van der Waals surface area contributed by atoms with Crippen molar-refractivity contribution in [2.45, 2.75) is 13.3 Å². The molecule has 0 bridgehead atoms. The minimum atomic E-state index is -0.0841. The Balaban J connectivity index is 1.99. The lowest BCUT2D eigenvalue weighted by molar-refractivity contribution is 0.0921. The summed E-state index contributed by atoms with van der Waals surface area (Å²) in [7, 11) is 0. The summed E-state index contributed by atoms with van der Waals surface area (Å²) in [5, 5.41) is 0. The first-order chi connectivity index (χ1) is 9.81. The topological polar surface area (TPSA) is 42.3 Å². The molecule has 102 valence electrons. The number of pyridine rings is 1. The summed E-state index contributed by atoms with van der Waals surface area (Å²) in [6.45, 7) is 2.52. The van der Waals surface area contributed by atoms with Crippen molar-refractivity contribution in [1.82, 2.24) is 4.98 Å². The predicted molar refractivity (Wildman–Crippen MR) is 81.3 cm³/mol. The Bertz CT molecular complexity index is 564. The van der Waals surface area contributed by atoms with Crippen LogP contribution < -0.4 is 0 Å². The highest BCUT2D eigenvalue weighted by Crippen LogP contribution is 2.12. The summed E-state index contributed by atoms with van der Waals surface area (Å²) >= 11 is 0. The van der Waals surface area contributed by atoms with Crippen LogP contribution in [-0.4, -0.2) is 23.5 Å². The van der Waals surface area contributed by atoms with Gasteiger partial charge in [0.25, 0.3) is 0 Å². The number of ketones is 1. The number of Topliss-reactive ketones (excluding diaryl/α,β-unsaturated/α-hetero) is 1. The molecule has 0 radical (unpaired) electrons. The third kappa shape index (κ3) is 3.85. The van der Waals surface area contributed by atoms with Crippen LogP contribution in [0.15, 0.2) is 59.9 Å². The van der Waals surface area contributed by atoms with Gasteiger partial charge in [0.2, 0.25) is 0 Å². The highest BCUT2D eigenvalue weighted by molar-refractivity contribution is 5.97. The molecule has 0 amide bonds. The molecular weight excluding hydrogens is 248 g/mol. The molecule has 0 saturated carbocycles. The van der Waals surface area contributed by atoms with E-state index in [0.717, 1.165) is 12.0 Å². The summed E-state index contributed by atoms with van der Waals surface area (Å²) in [5.41, 5.74) is 1.71. The van der Waals surface area contributed by atoms with Gasteiger partial charge in [0.05, 0.1) is 0 Å². The summed E-state index contributed by atoms with van der Waals surface area (Å²) in [6.07, 6.45) is 5.89. The summed E-state index contributed by atoms with van der Waals surface area (Å²) in [6, 6.07) is 13.5. The van der Waals surface area contributed by atoms with Gasteiger partial charge in [0.15, 0.2) is 5.78 Å². The minimum Gasteiger partial charge on any atom is -0.294 e. The van der Waals surface area contributed by atoms with Gasteiger partial charge >= 0.3 is 0 Å². The van der Waals surface area contributed by atoms with E-state index >= 15 is 0 Å². The molecule has 0 fully saturated rings. The van der Waals surface area contributed by atoms with E-state index in [1.807, 2.05) is 43.5 Å². The monoisotopic (exact) mass is 266 g/mol. The highest BCUT2D eigenvalue weighted by Gasteiger charge is 2.17. The minimum absolute atomic E-state index is 0.0841. The molecule has 1 atom stereocenters. The van der Waals surface area contributed by atoms with Gasteiger partial charge in [0, 0.05) is 36.6 Å². The number of nitrogens with zero attached hydrogens (tertiary/aromatic N) is 2. The molecule has 0 N–H and O–H groups in total. The van der Waals surface area contributed by atoms with Crippen LogP contribution in [0.2, 0.25) is 0 Å². The van der Waals surface area contributed by atoms with Crippen LogP contribution >= 0.6 is 0 Å². The molecule has 0 aliphatic rings. The van der Waals surface area contributed by atoms with Crippen LogP contribution in [0.25, 0.3) is 0 Å². The van der Waals surface area contributed by atoms with Gasteiger partial charge in [0.1, 0.15) is 0 Å². The smallest absolute Gasteiger partial charge is 0.169 e. The zero-order chi connectivity index (χ0) is 14.2. The van der Waals surface area contributed by atoms with Gasteiger partial charge in [-0.25, -0.2) is 0 Å². The molecule has 3 heteroatoms. The lowest BCUT2D eigenvalue weighted by Crippen LogP contribution is -2.17. The van der Waals surface area contributed by atoms with Gasteiger partial charge < -0.3 is 0 Å². The van der Waals surface area contributed by atoms with Gasteiger partial charge in [-0.3, -0.25) is 14.8 Å². The summed E-state index contributed by atoms with van der Waals surface area (Å²) in [5.74, 6) is 0.0324. The molecule has 0 spiro atoms. The molecule has 1 aromatic heterocycles. The van der Waals surface area contributed by atoms with E-state index in [1.165, 1.54) is 0 Å². The third-order valence-electron chi connectivity index (χ3n) is 3.18.